The number of unbranched alkanes of at least 4 members (excludes halogenated alkanes) is 24. The minimum Gasteiger partial charge on any atom is -0.756 e. The Morgan fingerprint density at radius 3 is 1.35 bits per heavy atom. The standard InChI is InChI=1S/C69H119N2O7P/c1-7-10-13-16-19-22-25-28-30-31-32-33-34-35-36-37-38-39-41-43-46-49-52-55-58-61-68(72)70-66(65-77-79(74,75)76-64-63-71(4,5)6)67(60-57-54-51-48-45-42-27-24-21-18-15-12-9-3)78-69(73)62-59-56-53-50-47-44-40-29-26-23-20-17-14-11-8-2/h10-11,13-14,17,19-20,22-23,26,28,30,32-33,35-36,38-39,57,60,66-67H,7-9,12,15-16,18,21,24-25,27,29,31,34,37,40-56,58-59,61-65H2,1-6H3,(H-,70,72,74,75)/b13-10-,14-11+,20-17+,22-19-,26-23+,30-28-,33-32-,36-35-,39-38-,60-57-. The van der Waals surface area contributed by atoms with Crippen LogP contribution in [0, 0.1) is 0 Å². The van der Waals surface area contributed by atoms with Gasteiger partial charge >= 0.3 is 5.97 Å². The van der Waals surface area contributed by atoms with Crippen molar-refractivity contribution in [1.82, 2.24) is 5.32 Å². The van der Waals surface area contributed by atoms with E-state index in [1.807, 2.05) is 33.3 Å². The summed E-state index contributed by atoms with van der Waals surface area (Å²) < 4.78 is 30.3. The minimum absolute atomic E-state index is 0.0341. The summed E-state index contributed by atoms with van der Waals surface area (Å²) in [5, 5.41) is 3.02. The molecular weight excluding hydrogens is 1000 g/mol. The lowest BCUT2D eigenvalue weighted by Crippen LogP contribution is -2.47. The molecule has 0 aromatic heterocycles. The van der Waals surface area contributed by atoms with E-state index < -0.39 is 26.6 Å². The highest BCUT2D eigenvalue weighted by Crippen LogP contribution is 2.38. The normalized spacial score (nSPS) is 14.5. The number of ether oxygens (including phenoxy) is 1. The molecule has 0 bridgehead atoms. The van der Waals surface area contributed by atoms with Crippen molar-refractivity contribution in [1.29, 1.82) is 0 Å². The Morgan fingerprint density at radius 1 is 0.468 bits per heavy atom. The predicted octanol–water partition coefficient (Wildman–Crippen LogP) is 19.3. The molecule has 0 aliphatic rings. The number of nitrogens with zero attached hydrogens (tertiary/aromatic N) is 1. The molecule has 0 radical (unpaired) electrons. The lowest BCUT2D eigenvalue weighted by atomic mass is 10.0. The summed E-state index contributed by atoms with van der Waals surface area (Å²) >= 11 is 0. The highest BCUT2D eigenvalue weighted by Gasteiger charge is 2.27. The molecule has 0 fully saturated rings. The zero-order valence-corrected chi connectivity index (χ0v) is 52.4. The molecule has 10 heteroatoms. The van der Waals surface area contributed by atoms with Crippen LogP contribution in [0.25, 0.3) is 0 Å². The average molecular weight is 1120 g/mol. The number of rotatable bonds is 56. The summed E-state index contributed by atoms with van der Waals surface area (Å²) in [7, 11) is 1.15. The Hall–Kier alpha value is -3.59. The number of carbonyl (C=O) groups is 2. The van der Waals surface area contributed by atoms with Crippen LogP contribution in [0.4, 0.5) is 0 Å². The largest absolute Gasteiger partial charge is 0.756 e. The second-order valence-electron chi connectivity index (χ2n) is 22.2. The first kappa shape index (κ1) is 75.4. The van der Waals surface area contributed by atoms with Gasteiger partial charge in [0.05, 0.1) is 33.8 Å². The van der Waals surface area contributed by atoms with E-state index in [0.29, 0.717) is 23.9 Å². The van der Waals surface area contributed by atoms with Gasteiger partial charge in [-0.3, -0.25) is 14.2 Å². The van der Waals surface area contributed by atoms with E-state index in [-0.39, 0.29) is 31.3 Å². The zero-order valence-electron chi connectivity index (χ0n) is 51.5. The Labute approximate surface area is 486 Å². The van der Waals surface area contributed by atoms with Gasteiger partial charge in [-0.05, 0) is 102 Å². The molecule has 0 aromatic carbocycles. The number of esters is 1. The van der Waals surface area contributed by atoms with Crippen molar-refractivity contribution in [3.05, 3.63) is 122 Å². The lowest BCUT2D eigenvalue weighted by molar-refractivity contribution is -0.870. The van der Waals surface area contributed by atoms with Crippen LogP contribution in [-0.4, -0.2) is 69.4 Å². The van der Waals surface area contributed by atoms with Gasteiger partial charge < -0.3 is 28.5 Å². The fraction of sp³-hybridized carbons (Fsp3) is 0.681. The van der Waals surface area contributed by atoms with Gasteiger partial charge in [0.25, 0.3) is 7.82 Å². The first-order valence-corrected chi connectivity index (χ1v) is 33.3. The third-order valence-corrected chi connectivity index (χ3v) is 14.4. The van der Waals surface area contributed by atoms with E-state index in [1.54, 1.807) is 0 Å². The highest BCUT2D eigenvalue weighted by atomic mass is 31.2. The average Bonchev–Trinajstić information content (AvgIpc) is 3.41. The van der Waals surface area contributed by atoms with Gasteiger partial charge in [0.2, 0.25) is 5.91 Å². The van der Waals surface area contributed by atoms with E-state index >= 15 is 0 Å². The number of carbonyl (C=O) groups excluding carboxylic acids is 2. The quantitative estimate of drug-likeness (QED) is 0.0161. The van der Waals surface area contributed by atoms with Crippen molar-refractivity contribution in [3.8, 4) is 0 Å². The summed E-state index contributed by atoms with van der Waals surface area (Å²) in [4.78, 5) is 40.0. The minimum atomic E-state index is -4.72. The maximum Gasteiger partial charge on any atom is 0.306 e. The molecule has 3 unspecified atom stereocenters. The summed E-state index contributed by atoms with van der Waals surface area (Å²) in [6, 6.07) is -0.910. The van der Waals surface area contributed by atoms with Crippen LogP contribution < -0.4 is 10.2 Å². The molecule has 0 saturated carbocycles. The molecule has 452 valence electrons. The summed E-state index contributed by atoms with van der Waals surface area (Å²) in [5.41, 5.74) is 0. The van der Waals surface area contributed by atoms with Crippen LogP contribution in [0.15, 0.2) is 122 Å². The highest BCUT2D eigenvalue weighted by molar-refractivity contribution is 7.45. The van der Waals surface area contributed by atoms with Gasteiger partial charge in [-0.1, -0.05) is 258 Å². The van der Waals surface area contributed by atoms with E-state index in [2.05, 4.69) is 135 Å². The van der Waals surface area contributed by atoms with Crippen LogP contribution in [0.1, 0.15) is 252 Å². The fourth-order valence-corrected chi connectivity index (χ4v) is 9.31. The molecule has 79 heavy (non-hydrogen) atoms. The molecule has 0 heterocycles. The van der Waals surface area contributed by atoms with Crippen molar-refractivity contribution in [3.63, 3.8) is 0 Å². The summed E-state index contributed by atoms with van der Waals surface area (Å²) in [6.45, 7) is 6.57. The Kier molecular flexibility index (Phi) is 55.0. The molecule has 0 spiro atoms. The Bertz CT molecular complexity index is 1770. The van der Waals surface area contributed by atoms with E-state index in [4.69, 9.17) is 13.8 Å². The third kappa shape index (κ3) is 58.9. The molecule has 0 aliphatic carbocycles. The van der Waals surface area contributed by atoms with Crippen molar-refractivity contribution >= 4 is 19.7 Å². The smallest absolute Gasteiger partial charge is 0.306 e. The number of quaternary nitrogens is 1. The number of phosphoric acid groups is 1. The van der Waals surface area contributed by atoms with Gasteiger partial charge in [-0.25, -0.2) is 0 Å². The van der Waals surface area contributed by atoms with Crippen molar-refractivity contribution in [2.45, 2.75) is 264 Å². The molecule has 1 N–H and O–H groups in total. The molecule has 0 aromatic rings. The number of amides is 1. The first-order valence-electron chi connectivity index (χ1n) is 31.9. The third-order valence-electron chi connectivity index (χ3n) is 13.4. The lowest BCUT2D eigenvalue weighted by Gasteiger charge is -2.30. The van der Waals surface area contributed by atoms with E-state index in [0.717, 1.165) is 128 Å². The van der Waals surface area contributed by atoms with E-state index in [1.165, 1.54) is 77.0 Å². The Morgan fingerprint density at radius 2 is 0.873 bits per heavy atom. The summed E-state index contributed by atoms with van der Waals surface area (Å²) in [6.07, 6.45) is 80.2. The van der Waals surface area contributed by atoms with Crippen LogP contribution in [0.2, 0.25) is 0 Å². The monoisotopic (exact) mass is 1120 g/mol. The van der Waals surface area contributed by atoms with E-state index in [9.17, 15) is 19.0 Å². The summed E-state index contributed by atoms with van der Waals surface area (Å²) in [5.74, 6) is -0.578. The molecular formula is C69H119N2O7P. The topological polar surface area (TPSA) is 114 Å². The molecule has 9 nitrogen and oxygen atoms in total. The number of hydrogen-bond donors (Lipinski definition) is 1. The number of phosphoric ester groups is 1. The van der Waals surface area contributed by atoms with Crippen LogP contribution in [-0.2, 0) is 27.9 Å². The number of allylic oxidation sites excluding steroid dienone is 19. The zero-order chi connectivity index (χ0) is 57.9. The van der Waals surface area contributed by atoms with Crippen molar-refractivity contribution in [2.24, 2.45) is 0 Å². The SMILES string of the molecule is CC/C=C\C/C=C\C/C=C\C/C=C\C/C=C\C/C=C\CCCCCCCCC(=O)NC(COP(=O)([O-])OCC[N+](C)(C)C)C(/C=C\CCCCCCCCCCCCC)OC(=O)CCCCCCCCC/C=C/C=C/C=C/CC. The Balaban J connectivity index is 5.25. The second-order valence-corrected chi connectivity index (χ2v) is 23.6. The molecule has 0 rings (SSSR count). The van der Waals surface area contributed by atoms with Crippen LogP contribution in [0.5, 0.6) is 0 Å². The van der Waals surface area contributed by atoms with Crippen molar-refractivity contribution < 1.29 is 37.3 Å². The van der Waals surface area contributed by atoms with Gasteiger partial charge in [-0.15, -0.1) is 0 Å². The van der Waals surface area contributed by atoms with Gasteiger partial charge in [-0.2, -0.15) is 0 Å². The maximum absolute atomic E-state index is 13.6. The van der Waals surface area contributed by atoms with Crippen molar-refractivity contribution in [2.75, 3.05) is 40.9 Å². The van der Waals surface area contributed by atoms with Gasteiger partial charge in [0.15, 0.2) is 0 Å². The number of nitrogens with one attached hydrogen (secondary N) is 1. The number of hydrogen-bond acceptors (Lipinski definition) is 7. The molecule has 0 aliphatic heterocycles. The van der Waals surface area contributed by atoms with Gasteiger partial charge in [0, 0.05) is 12.8 Å². The first-order chi connectivity index (χ1) is 38.4. The fourth-order valence-electron chi connectivity index (χ4n) is 8.58. The van der Waals surface area contributed by atoms with Crippen LogP contribution >= 0.6 is 7.82 Å². The van der Waals surface area contributed by atoms with Crippen LogP contribution in [0.3, 0.4) is 0 Å². The number of likely N-dealkylation sites (N-methyl/N-ethyl adjacent to an activating group) is 1. The molecule has 3 atom stereocenters. The molecule has 1 amide bonds. The second kappa shape index (κ2) is 57.6. The van der Waals surface area contributed by atoms with Gasteiger partial charge in [0.1, 0.15) is 19.3 Å². The maximum atomic E-state index is 13.6. The predicted molar refractivity (Wildman–Crippen MR) is 339 cm³/mol. The molecule has 0 saturated heterocycles.